The van der Waals surface area contributed by atoms with Crippen molar-refractivity contribution in [3.63, 3.8) is 0 Å². The van der Waals surface area contributed by atoms with E-state index in [0.29, 0.717) is 5.56 Å². The van der Waals surface area contributed by atoms with Crippen molar-refractivity contribution >= 4 is 33.6 Å². The first-order chi connectivity index (χ1) is 6.53. The second-order valence-corrected chi connectivity index (χ2v) is 4.48. The summed E-state index contributed by atoms with van der Waals surface area (Å²) in [4.78, 5) is -0.816. The third kappa shape index (κ3) is 1.40. The minimum Gasteiger partial charge on any atom is -0.356 e. The minimum absolute atomic E-state index is 0.196. The van der Waals surface area contributed by atoms with E-state index in [0.717, 1.165) is 5.56 Å². The van der Waals surface area contributed by atoms with Gasteiger partial charge < -0.3 is 5.11 Å². The van der Waals surface area contributed by atoms with E-state index >= 15 is 0 Å². The number of fused-ring (bicyclic) bond motifs is 1. The van der Waals surface area contributed by atoms with Crippen LogP contribution in [0.1, 0.15) is 16.0 Å². The predicted octanol–water partition coefficient (Wildman–Crippen LogP) is 3.37. The first kappa shape index (κ1) is 10.1. The number of halogens is 3. The zero-order valence-electron chi connectivity index (χ0n) is 7.05. The lowest BCUT2D eigenvalue weighted by Crippen LogP contribution is -2.31. The molecule has 1 aromatic rings. The molecule has 0 saturated carbocycles. The summed E-state index contributed by atoms with van der Waals surface area (Å²) in [5.41, 5.74) is 1.52. The third-order valence-electron chi connectivity index (χ3n) is 2.22. The maximum Gasteiger partial charge on any atom is 0.260 e. The van der Waals surface area contributed by atoms with Crippen molar-refractivity contribution in [3.8, 4) is 0 Å². The summed E-state index contributed by atoms with van der Waals surface area (Å²) in [6.45, 7) is 0. The van der Waals surface area contributed by atoms with Gasteiger partial charge in [-0.1, -0.05) is 51.8 Å². The van der Waals surface area contributed by atoms with Crippen molar-refractivity contribution in [2.24, 2.45) is 0 Å². The zero-order valence-corrected chi connectivity index (χ0v) is 9.39. The molecule has 4 heteroatoms. The quantitative estimate of drug-likeness (QED) is 0.721. The first-order valence-corrected chi connectivity index (χ1v) is 5.35. The molecule has 0 amide bonds. The summed E-state index contributed by atoms with van der Waals surface area (Å²) in [5, 5.41) is 9.25. The van der Waals surface area contributed by atoms with E-state index in [2.05, 4.69) is 15.9 Å². The third-order valence-corrected chi connectivity index (χ3v) is 3.70. The van der Waals surface area contributed by atoms with E-state index < -0.39 is 10.7 Å². The molecule has 0 fully saturated rings. The Balaban J connectivity index is 2.62. The molecule has 0 aliphatic heterocycles. The van der Waals surface area contributed by atoms with Crippen LogP contribution in [0.15, 0.2) is 29.3 Å². The van der Waals surface area contributed by atoms with Gasteiger partial charge in [-0.15, -0.1) is 0 Å². The van der Waals surface area contributed by atoms with Gasteiger partial charge in [-0.05, 0) is 17.2 Å². The molecule has 14 heavy (non-hydrogen) atoms. The van der Waals surface area contributed by atoms with Crippen LogP contribution in [-0.2, 0) is 0 Å². The van der Waals surface area contributed by atoms with Crippen LogP contribution in [-0.4, -0.2) is 11.0 Å². The Labute approximate surface area is 94.3 Å². The second kappa shape index (κ2) is 3.33. The number of hydrogen-bond donors (Lipinski definition) is 1. The zero-order chi connectivity index (χ0) is 10.3. The second-order valence-electron chi connectivity index (χ2n) is 3.16. The Morgan fingerprint density at radius 1 is 1.43 bits per heavy atom. The van der Waals surface area contributed by atoms with Crippen LogP contribution in [0.25, 0.3) is 6.08 Å². The monoisotopic (exact) mass is 276 g/mol. The summed E-state index contributed by atoms with van der Waals surface area (Å²) in [7, 11) is 0. The van der Waals surface area contributed by atoms with Crippen molar-refractivity contribution in [1.82, 2.24) is 0 Å². The SMILES string of the molecule is OC1(F)C(Cl)=Cc2ccccc2C1Br. The van der Waals surface area contributed by atoms with Crippen LogP contribution in [0.2, 0.25) is 0 Å². The fourth-order valence-electron chi connectivity index (χ4n) is 1.44. The van der Waals surface area contributed by atoms with Gasteiger partial charge in [-0.25, -0.2) is 4.39 Å². The molecule has 0 heterocycles. The van der Waals surface area contributed by atoms with Gasteiger partial charge >= 0.3 is 0 Å². The first-order valence-electron chi connectivity index (χ1n) is 4.05. The molecule has 74 valence electrons. The van der Waals surface area contributed by atoms with Gasteiger partial charge in [-0.2, -0.15) is 0 Å². The molecule has 2 rings (SSSR count). The Morgan fingerprint density at radius 3 is 2.79 bits per heavy atom. The van der Waals surface area contributed by atoms with Crippen LogP contribution >= 0.6 is 27.5 Å². The van der Waals surface area contributed by atoms with Gasteiger partial charge in [0.25, 0.3) is 5.85 Å². The van der Waals surface area contributed by atoms with Gasteiger partial charge in [0.05, 0.1) is 5.03 Å². The average Bonchev–Trinajstić information content (AvgIpc) is 2.15. The molecule has 1 aromatic carbocycles. The Bertz CT molecular complexity index is 403. The van der Waals surface area contributed by atoms with Gasteiger partial charge in [0, 0.05) is 0 Å². The fourth-order valence-corrected chi connectivity index (χ4v) is 2.46. The molecule has 0 spiro atoms. The molecule has 0 aromatic heterocycles. The maximum absolute atomic E-state index is 13.6. The van der Waals surface area contributed by atoms with E-state index in [1.54, 1.807) is 12.1 Å². The number of alkyl halides is 2. The highest BCUT2D eigenvalue weighted by molar-refractivity contribution is 9.09. The molecule has 1 aliphatic rings. The van der Waals surface area contributed by atoms with E-state index in [1.165, 1.54) is 6.08 Å². The van der Waals surface area contributed by atoms with Crippen LogP contribution in [0.4, 0.5) is 4.39 Å². The lowest BCUT2D eigenvalue weighted by Gasteiger charge is -2.29. The molecule has 2 unspecified atom stereocenters. The molecular weight excluding hydrogens is 270 g/mol. The molecule has 0 saturated heterocycles. The average molecular weight is 278 g/mol. The highest BCUT2D eigenvalue weighted by Gasteiger charge is 2.43. The highest BCUT2D eigenvalue weighted by Crippen LogP contribution is 2.47. The standard InChI is InChI=1S/C10H7BrClFO/c11-9-7-4-2-1-3-6(7)5-8(12)10(9,13)14/h1-5,9,14H. The van der Waals surface area contributed by atoms with Crippen molar-refractivity contribution in [2.45, 2.75) is 10.7 Å². The van der Waals surface area contributed by atoms with E-state index in [-0.39, 0.29) is 5.03 Å². The number of benzene rings is 1. The van der Waals surface area contributed by atoms with Crippen LogP contribution < -0.4 is 0 Å². The Hall–Kier alpha value is -0.380. The molecular formula is C10H7BrClFO. The van der Waals surface area contributed by atoms with Crippen molar-refractivity contribution in [2.75, 3.05) is 0 Å². The molecule has 0 bridgehead atoms. The van der Waals surface area contributed by atoms with Gasteiger partial charge in [0.2, 0.25) is 0 Å². The van der Waals surface area contributed by atoms with Gasteiger partial charge in [-0.3, -0.25) is 0 Å². The van der Waals surface area contributed by atoms with E-state index in [1.807, 2.05) is 12.1 Å². The van der Waals surface area contributed by atoms with Crippen LogP contribution in [0.5, 0.6) is 0 Å². The highest BCUT2D eigenvalue weighted by atomic mass is 79.9. The molecule has 1 nitrogen and oxygen atoms in total. The smallest absolute Gasteiger partial charge is 0.260 e. The number of aliphatic hydroxyl groups is 1. The largest absolute Gasteiger partial charge is 0.356 e. The Morgan fingerprint density at radius 2 is 2.07 bits per heavy atom. The van der Waals surface area contributed by atoms with Crippen molar-refractivity contribution in [1.29, 1.82) is 0 Å². The van der Waals surface area contributed by atoms with Crippen LogP contribution in [0, 0.1) is 0 Å². The Kier molecular flexibility index (Phi) is 2.41. The molecule has 0 radical (unpaired) electrons. The van der Waals surface area contributed by atoms with Gasteiger partial charge in [0.15, 0.2) is 0 Å². The fraction of sp³-hybridized carbons (Fsp3) is 0.200. The molecule has 2 atom stereocenters. The normalized spacial score (nSPS) is 30.9. The summed E-state index contributed by atoms with van der Waals surface area (Å²) < 4.78 is 13.6. The molecule has 1 N–H and O–H groups in total. The van der Waals surface area contributed by atoms with Crippen LogP contribution in [0.3, 0.4) is 0 Å². The number of rotatable bonds is 0. The minimum atomic E-state index is -2.52. The van der Waals surface area contributed by atoms with E-state index in [9.17, 15) is 9.50 Å². The van der Waals surface area contributed by atoms with E-state index in [4.69, 9.17) is 11.6 Å². The number of hydrogen-bond acceptors (Lipinski definition) is 1. The predicted molar refractivity (Wildman–Crippen MR) is 58.0 cm³/mol. The summed E-state index contributed by atoms with van der Waals surface area (Å²) >= 11 is 8.74. The van der Waals surface area contributed by atoms with Crippen molar-refractivity contribution < 1.29 is 9.50 Å². The lowest BCUT2D eigenvalue weighted by molar-refractivity contribution is -0.0459. The maximum atomic E-state index is 13.6. The summed E-state index contributed by atoms with van der Waals surface area (Å²) in [6.07, 6.45) is 1.44. The summed E-state index contributed by atoms with van der Waals surface area (Å²) in [5.74, 6) is -2.52. The van der Waals surface area contributed by atoms with Gasteiger partial charge in [0.1, 0.15) is 4.83 Å². The topological polar surface area (TPSA) is 20.2 Å². The summed E-state index contributed by atoms with van der Waals surface area (Å²) in [6, 6.07) is 7.19. The van der Waals surface area contributed by atoms with Crippen molar-refractivity contribution in [3.05, 3.63) is 40.4 Å². The lowest BCUT2D eigenvalue weighted by atomic mass is 9.94. The molecule has 1 aliphatic carbocycles.